The minimum absolute atomic E-state index is 0.0566. The van der Waals surface area contributed by atoms with Crippen LogP contribution in [0.4, 0.5) is 0 Å². The van der Waals surface area contributed by atoms with Crippen LogP contribution in [0, 0.1) is 5.92 Å². The molecule has 0 aliphatic carbocycles. The zero-order chi connectivity index (χ0) is 13.0. The van der Waals surface area contributed by atoms with Crippen molar-refractivity contribution in [2.75, 3.05) is 5.75 Å². The van der Waals surface area contributed by atoms with Gasteiger partial charge in [0.1, 0.15) is 0 Å². The highest BCUT2D eigenvalue weighted by Crippen LogP contribution is 2.20. The van der Waals surface area contributed by atoms with Crippen molar-refractivity contribution in [2.45, 2.75) is 11.8 Å². The molecule has 2 aromatic carbocycles. The Morgan fingerprint density at radius 3 is 1.94 bits per heavy atom. The molecule has 0 N–H and O–H groups in total. The van der Waals surface area contributed by atoms with E-state index in [9.17, 15) is 8.42 Å². The average Bonchev–Trinajstić information content (AvgIpc) is 2.40. The van der Waals surface area contributed by atoms with Crippen LogP contribution in [0.3, 0.4) is 0 Å². The van der Waals surface area contributed by atoms with Gasteiger partial charge >= 0.3 is 0 Å². The molecule has 2 aromatic rings. The fourth-order valence-electron chi connectivity index (χ4n) is 1.80. The molecule has 3 heteroatoms. The Hall–Kier alpha value is -1.61. The standard InChI is InChI=1S/C15H15O2S/c1-13(14-8-4-2-5-9-14)12-18(16,17)15-10-6-3-7-11-15/h2-11H,12H2,1H3. The van der Waals surface area contributed by atoms with Crippen LogP contribution in [0.15, 0.2) is 65.6 Å². The molecule has 2 nitrogen and oxygen atoms in total. The molecule has 0 aromatic heterocycles. The zero-order valence-electron chi connectivity index (χ0n) is 10.2. The molecule has 0 saturated heterocycles. The molecule has 18 heavy (non-hydrogen) atoms. The molecule has 0 atom stereocenters. The quantitative estimate of drug-likeness (QED) is 0.845. The highest BCUT2D eigenvalue weighted by Gasteiger charge is 2.19. The third kappa shape index (κ3) is 2.99. The molecule has 2 rings (SSSR count). The highest BCUT2D eigenvalue weighted by atomic mass is 32.2. The van der Waals surface area contributed by atoms with Gasteiger partial charge in [-0.2, -0.15) is 0 Å². The van der Waals surface area contributed by atoms with Gasteiger partial charge in [0.15, 0.2) is 9.84 Å². The minimum atomic E-state index is -3.24. The van der Waals surface area contributed by atoms with Gasteiger partial charge in [0.25, 0.3) is 0 Å². The molecule has 0 heterocycles. The van der Waals surface area contributed by atoms with Crippen molar-refractivity contribution in [3.8, 4) is 0 Å². The van der Waals surface area contributed by atoms with E-state index in [2.05, 4.69) is 0 Å². The van der Waals surface area contributed by atoms with Gasteiger partial charge in [-0.3, -0.25) is 0 Å². The number of sulfone groups is 1. The van der Waals surface area contributed by atoms with E-state index >= 15 is 0 Å². The van der Waals surface area contributed by atoms with Gasteiger partial charge < -0.3 is 0 Å². The van der Waals surface area contributed by atoms with Crippen LogP contribution in [0.5, 0.6) is 0 Å². The van der Waals surface area contributed by atoms with Gasteiger partial charge in [-0.1, -0.05) is 55.5 Å². The largest absolute Gasteiger partial charge is 0.224 e. The van der Waals surface area contributed by atoms with E-state index < -0.39 is 9.84 Å². The van der Waals surface area contributed by atoms with E-state index in [0.717, 1.165) is 11.5 Å². The fourth-order valence-corrected chi connectivity index (χ4v) is 3.28. The van der Waals surface area contributed by atoms with Crippen LogP contribution in [-0.2, 0) is 9.84 Å². The van der Waals surface area contributed by atoms with Crippen molar-refractivity contribution in [2.24, 2.45) is 0 Å². The lowest BCUT2D eigenvalue weighted by Gasteiger charge is -2.11. The molecule has 0 aliphatic heterocycles. The summed E-state index contributed by atoms with van der Waals surface area (Å²) in [6.07, 6.45) is 0. The summed E-state index contributed by atoms with van der Waals surface area (Å²) in [7, 11) is -3.24. The van der Waals surface area contributed by atoms with Gasteiger partial charge in [0.05, 0.1) is 10.6 Å². The third-order valence-electron chi connectivity index (χ3n) is 2.78. The van der Waals surface area contributed by atoms with Crippen molar-refractivity contribution in [1.82, 2.24) is 0 Å². The number of hydrogen-bond donors (Lipinski definition) is 0. The van der Waals surface area contributed by atoms with Crippen molar-refractivity contribution in [3.05, 3.63) is 72.1 Å². The topological polar surface area (TPSA) is 34.1 Å². The molecule has 0 saturated carbocycles. The highest BCUT2D eigenvalue weighted by molar-refractivity contribution is 7.91. The predicted molar refractivity (Wildman–Crippen MR) is 73.0 cm³/mol. The molecule has 0 spiro atoms. The van der Waals surface area contributed by atoms with E-state index in [-0.39, 0.29) is 5.75 Å². The Bertz CT molecular complexity index is 589. The summed E-state index contributed by atoms with van der Waals surface area (Å²) in [4.78, 5) is 0.375. The molecular weight excluding hydrogens is 244 g/mol. The summed E-state index contributed by atoms with van der Waals surface area (Å²) < 4.78 is 24.4. The van der Waals surface area contributed by atoms with Gasteiger partial charge in [0, 0.05) is 5.92 Å². The first-order chi connectivity index (χ1) is 8.59. The molecule has 93 valence electrons. The predicted octanol–water partition coefficient (Wildman–Crippen LogP) is 3.10. The maximum absolute atomic E-state index is 12.2. The Balaban J connectivity index is 2.20. The van der Waals surface area contributed by atoms with Gasteiger partial charge in [-0.15, -0.1) is 0 Å². The molecule has 0 bridgehead atoms. The minimum Gasteiger partial charge on any atom is -0.224 e. The third-order valence-corrected chi connectivity index (χ3v) is 4.58. The van der Waals surface area contributed by atoms with E-state index in [1.807, 2.05) is 43.3 Å². The summed E-state index contributed by atoms with van der Waals surface area (Å²) in [5.41, 5.74) is 0.969. The SMILES string of the molecule is C[C](CS(=O)(=O)c1ccccc1)c1ccccc1. The summed E-state index contributed by atoms with van der Waals surface area (Å²) in [6.45, 7) is 1.86. The Kier molecular flexibility index (Phi) is 3.82. The lowest BCUT2D eigenvalue weighted by Crippen LogP contribution is -2.13. The molecule has 0 fully saturated rings. The normalized spacial score (nSPS) is 11.7. The van der Waals surface area contributed by atoms with Crippen LogP contribution < -0.4 is 0 Å². The van der Waals surface area contributed by atoms with Gasteiger partial charge in [0.2, 0.25) is 0 Å². The summed E-state index contributed by atoms with van der Waals surface area (Å²) in [5, 5.41) is 0. The van der Waals surface area contributed by atoms with E-state index in [1.54, 1.807) is 24.3 Å². The van der Waals surface area contributed by atoms with Crippen LogP contribution in [0.2, 0.25) is 0 Å². The monoisotopic (exact) mass is 259 g/mol. The first-order valence-corrected chi connectivity index (χ1v) is 7.40. The zero-order valence-corrected chi connectivity index (χ0v) is 11.0. The van der Waals surface area contributed by atoms with E-state index in [0.29, 0.717) is 4.90 Å². The van der Waals surface area contributed by atoms with Crippen LogP contribution in [0.1, 0.15) is 12.5 Å². The Morgan fingerprint density at radius 2 is 1.39 bits per heavy atom. The number of rotatable bonds is 4. The summed E-state index contributed by atoms with van der Waals surface area (Å²) >= 11 is 0. The van der Waals surface area contributed by atoms with E-state index in [1.165, 1.54) is 0 Å². The molecule has 0 aliphatic rings. The van der Waals surface area contributed by atoms with Gasteiger partial charge in [-0.25, -0.2) is 8.42 Å². The molecule has 0 amide bonds. The number of benzene rings is 2. The lowest BCUT2D eigenvalue weighted by atomic mass is 10.0. The first kappa shape index (κ1) is 12.8. The fraction of sp³-hybridized carbons (Fsp3) is 0.133. The van der Waals surface area contributed by atoms with Crippen LogP contribution >= 0.6 is 0 Å². The van der Waals surface area contributed by atoms with Crippen LogP contribution in [0.25, 0.3) is 0 Å². The smallest absolute Gasteiger partial charge is 0.179 e. The second kappa shape index (κ2) is 5.36. The molecule has 0 unspecified atom stereocenters. The maximum atomic E-state index is 12.2. The Labute approximate surface area is 108 Å². The van der Waals surface area contributed by atoms with E-state index in [4.69, 9.17) is 0 Å². The van der Waals surface area contributed by atoms with Gasteiger partial charge in [-0.05, 0) is 17.7 Å². The van der Waals surface area contributed by atoms with Crippen molar-refractivity contribution >= 4 is 9.84 Å². The van der Waals surface area contributed by atoms with Crippen molar-refractivity contribution in [1.29, 1.82) is 0 Å². The summed E-state index contributed by atoms with van der Waals surface area (Å²) in [5.74, 6) is 0.917. The van der Waals surface area contributed by atoms with Crippen molar-refractivity contribution < 1.29 is 8.42 Å². The second-order valence-corrected chi connectivity index (χ2v) is 6.21. The molecule has 1 radical (unpaired) electrons. The summed E-state index contributed by atoms with van der Waals surface area (Å²) in [6, 6.07) is 18.2. The van der Waals surface area contributed by atoms with Crippen molar-refractivity contribution in [3.63, 3.8) is 0 Å². The van der Waals surface area contributed by atoms with Crippen LogP contribution in [-0.4, -0.2) is 14.2 Å². The lowest BCUT2D eigenvalue weighted by molar-refractivity contribution is 0.596. The molecular formula is C15H15O2S. The second-order valence-electron chi connectivity index (χ2n) is 4.22. The first-order valence-electron chi connectivity index (χ1n) is 5.75. The average molecular weight is 259 g/mol. The maximum Gasteiger partial charge on any atom is 0.179 e. The Morgan fingerprint density at radius 1 is 0.889 bits per heavy atom. The number of hydrogen-bond acceptors (Lipinski definition) is 2.